The van der Waals surface area contributed by atoms with E-state index in [9.17, 15) is 22.8 Å². The van der Waals surface area contributed by atoms with Gasteiger partial charge in [-0.15, -0.1) is 0 Å². The number of likely N-dealkylation sites (tertiary alicyclic amines) is 2. The smallest absolute Gasteiger partial charge is 0.366 e. The summed E-state index contributed by atoms with van der Waals surface area (Å²) in [6, 6.07) is -0.214. The van der Waals surface area contributed by atoms with E-state index in [1.54, 1.807) is 4.90 Å². The SMILES string of the molecule is O=C1CO[C@H]2CCN(C(=O)N3CCC(C4(n5cc(C(F)(F)F)cn5)CC4)CC3)C[C@H]2N1. The van der Waals surface area contributed by atoms with Crippen molar-refractivity contribution in [3.63, 3.8) is 0 Å². The number of aromatic nitrogens is 2. The van der Waals surface area contributed by atoms with Crippen molar-refractivity contribution in [2.75, 3.05) is 32.8 Å². The van der Waals surface area contributed by atoms with Gasteiger partial charge in [0.05, 0.1) is 29.4 Å². The highest BCUT2D eigenvalue weighted by molar-refractivity contribution is 5.79. The fraction of sp³-hybridized carbons (Fsp3) is 0.750. The predicted molar refractivity (Wildman–Crippen MR) is 102 cm³/mol. The van der Waals surface area contributed by atoms with Crippen LogP contribution in [0.2, 0.25) is 0 Å². The van der Waals surface area contributed by atoms with Gasteiger partial charge in [-0.1, -0.05) is 0 Å². The Morgan fingerprint density at radius 1 is 1.16 bits per heavy atom. The molecular weight excluding hydrogens is 415 g/mol. The topological polar surface area (TPSA) is 79.7 Å². The Balaban J connectivity index is 1.18. The minimum absolute atomic E-state index is 0.0417. The Labute approximate surface area is 177 Å². The van der Waals surface area contributed by atoms with Gasteiger partial charge in [0.15, 0.2) is 0 Å². The molecular formula is C20H26F3N5O3. The highest BCUT2D eigenvalue weighted by Gasteiger charge is 2.53. The van der Waals surface area contributed by atoms with E-state index < -0.39 is 11.7 Å². The van der Waals surface area contributed by atoms with Gasteiger partial charge in [-0.25, -0.2) is 4.79 Å². The molecule has 3 aliphatic heterocycles. The average molecular weight is 441 g/mol. The number of carbonyl (C=O) groups is 2. The normalized spacial score (nSPS) is 28.8. The van der Waals surface area contributed by atoms with E-state index in [0.29, 0.717) is 32.6 Å². The quantitative estimate of drug-likeness (QED) is 0.759. The number of fused-ring (bicyclic) bond motifs is 1. The molecule has 0 radical (unpaired) electrons. The monoisotopic (exact) mass is 441 g/mol. The molecule has 0 unspecified atom stereocenters. The lowest BCUT2D eigenvalue weighted by Gasteiger charge is -2.44. The maximum Gasteiger partial charge on any atom is 0.419 e. The molecule has 0 bridgehead atoms. The van der Waals surface area contributed by atoms with Crippen LogP contribution in [0.4, 0.5) is 18.0 Å². The molecule has 1 N–H and O–H groups in total. The van der Waals surface area contributed by atoms with Gasteiger partial charge in [-0.05, 0) is 38.0 Å². The van der Waals surface area contributed by atoms with E-state index in [2.05, 4.69) is 10.4 Å². The first-order valence-electron chi connectivity index (χ1n) is 10.8. The number of amides is 3. The molecule has 2 atom stereocenters. The lowest BCUT2D eigenvalue weighted by Crippen LogP contribution is -2.62. The third-order valence-electron chi connectivity index (χ3n) is 7.25. The summed E-state index contributed by atoms with van der Waals surface area (Å²) in [5, 5.41) is 6.93. The van der Waals surface area contributed by atoms with Crippen LogP contribution in [0.25, 0.3) is 0 Å². The zero-order valence-electron chi connectivity index (χ0n) is 17.1. The molecule has 8 nitrogen and oxygen atoms in total. The number of rotatable bonds is 2. The number of alkyl halides is 3. The van der Waals surface area contributed by atoms with Crippen LogP contribution in [-0.4, -0.2) is 76.5 Å². The highest BCUT2D eigenvalue weighted by Crippen LogP contribution is 2.53. The molecule has 1 aliphatic carbocycles. The zero-order chi connectivity index (χ0) is 21.8. The molecule has 0 spiro atoms. The number of piperidine rings is 2. The van der Waals surface area contributed by atoms with Crippen LogP contribution >= 0.6 is 0 Å². The van der Waals surface area contributed by atoms with Crippen molar-refractivity contribution in [2.24, 2.45) is 5.92 Å². The number of hydrogen-bond acceptors (Lipinski definition) is 4. The Morgan fingerprint density at radius 2 is 1.87 bits per heavy atom. The molecule has 1 aromatic heterocycles. The number of halogens is 3. The van der Waals surface area contributed by atoms with Crippen molar-refractivity contribution >= 4 is 11.9 Å². The Morgan fingerprint density at radius 3 is 2.52 bits per heavy atom. The molecule has 0 aromatic carbocycles. The number of nitrogens with one attached hydrogen (secondary N) is 1. The van der Waals surface area contributed by atoms with Crippen molar-refractivity contribution in [1.29, 1.82) is 0 Å². The third kappa shape index (κ3) is 3.77. The average Bonchev–Trinajstić information content (AvgIpc) is 3.39. The number of carbonyl (C=O) groups excluding carboxylic acids is 2. The van der Waals surface area contributed by atoms with Crippen molar-refractivity contribution in [1.82, 2.24) is 24.9 Å². The minimum Gasteiger partial charge on any atom is -0.366 e. The summed E-state index contributed by atoms with van der Waals surface area (Å²) in [7, 11) is 0. The summed E-state index contributed by atoms with van der Waals surface area (Å²) in [5.74, 6) is 0.0488. The first kappa shape index (κ1) is 20.6. The van der Waals surface area contributed by atoms with Crippen molar-refractivity contribution in [3.05, 3.63) is 18.0 Å². The number of urea groups is 1. The second kappa shape index (κ2) is 7.39. The summed E-state index contributed by atoms with van der Waals surface area (Å²) >= 11 is 0. The van der Waals surface area contributed by atoms with Crippen LogP contribution in [0, 0.1) is 5.92 Å². The molecule has 31 heavy (non-hydrogen) atoms. The van der Waals surface area contributed by atoms with Crippen molar-refractivity contribution in [2.45, 2.75) is 56.0 Å². The fourth-order valence-corrected chi connectivity index (χ4v) is 5.35. The molecule has 4 aliphatic rings. The van der Waals surface area contributed by atoms with Crippen LogP contribution in [0.3, 0.4) is 0 Å². The fourth-order valence-electron chi connectivity index (χ4n) is 5.35. The summed E-state index contributed by atoms with van der Waals surface area (Å²) in [6.07, 6.45) is 1.40. The maximum absolute atomic E-state index is 13.0. The molecule has 1 aromatic rings. The summed E-state index contributed by atoms with van der Waals surface area (Å²) < 4.78 is 45.9. The second-order valence-corrected chi connectivity index (χ2v) is 9.08. The first-order valence-corrected chi connectivity index (χ1v) is 10.8. The Kier molecular flexibility index (Phi) is 4.91. The van der Waals surface area contributed by atoms with Gasteiger partial charge in [0.2, 0.25) is 5.91 Å². The second-order valence-electron chi connectivity index (χ2n) is 9.08. The molecule has 5 rings (SSSR count). The van der Waals surface area contributed by atoms with Crippen LogP contribution in [0.1, 0.15) is 37.7 Å². The summed E-state index contributed by atoms with van der Waals surface area (Å²) in [4.78, 5) is 28.2. The van der Waals surface area contributed by atoms with Crippen LogP contribution in [0.15, 0.2) is 12.4 Å². The minimum atomic E-state index is -4.39. The Bertz CT molecular complexity index is 860. The lowest BCUT2D eigenvalue weighted by molar-refractivity contribution is -0.140. The van der Waals surface area contributed by atoms with Crippen LogP contribution in [-0.2, 0) is 21.2 Å². The van der Waals surface area contributed by atoms with E-state index in [4.69, 9.17) is 4.74 Å². The summed E-state index contributed by atoms with van der Waals surface area (Å²) in [5.41, 5.74) is -1.06. The first-order chi connectivity index (χ1) is 14.8. The molecule has 1 saturated carbocycles. The van der Waals surface area contributed by atoms with Gasteiger partial charge >= 0.3 is 12.2 Å². The van der Waals surface area contributed by atoms with Crippen LogP contribution in [0.5, 0.6) is 0 Å². The van der Waals surface area contributed by atoms with E-state index >= 15 is 0 Å². The molecule has 4 fully saturated rings. The van der Waals surface area contributed by atoms with Gasteiger partial charge in [0, 0.05) is 32.4 Å². The van der Waals surface area contributed by atoms with Gasteiger partial charge in [-0.2, -0.15) is 18.3 Å². The molecule has 11 heteroatoms. The summed E-state index contributed by atoms with van der Waals surface area (Å²) in [6.45, 7) is 2.25. The number of nitrogens with zero attached hydrogens (tertiary/aromatic N) is 4. The molecule has 4 heterocycles. The van der Waals surface area contributed by atoms with E-state index in [0.717, 1.165) is 38.1 Å². The zero-order valence-corrected chi connectivity index (χ0v) is 17.1. The molecule has 3 saturated heterocycles. The predicted octanol–water partition coefficient (Wildman–Crippen LogP) is 1.81. The largest absolute Gasteiger partial charge is 0.419 e. The molecule has 3 amide bonds. The Hall–Kier alpha value is -2.30. The van der Waals surface area contributed by atoms with E-state index in [1.807, 2.05) is 4.90 Å². The van der Waals surface area contributed by atoms with Gasteiger partial charge in [-0.3, -0.25) is 9.48 Å². The highest BCUT2D eigenvalue weighted by atomic mass is 19.4. The van der Waals surface area contributed by atoms with Crippen molar-refractivity contribution in [3.8, 4) is 0 Å². The van der Waals surface area contributed by atoms with Gasteiger partial charge < -0.3 is 19.9 Å². The number of morpholine rings is 1. The standard InChI is InChI=1S/C20H26F3N5O3/c21-20(22,23)14-9-24-28(10-14)19(4-5-19)13-1-6-26(7-2-13)18(30)27-8-3-16-15(11-27)25-17(29)12-31-16/h9-10,13,15-16H,1-8,11-12H2,(H,25,29)/t15-,16+/m1/s1. The van der Waals surface area contributed by atoms with Crippen molar-refractivity contribution < 1.29 is 27.5 Å². The maximum atomic E-state index is 13.0. The molecule has 170 valence electrons. The lowest BCUT2D eigenvalue weighted by atomic mass is 9.87. The third-order valence-corrected chi connectivity index (χ3v) is 7.25. The number of hydrogen-bond donors (Lipinski definition) is 1. The number of ether oxygens (including phenoxy) is 1. The van der Waals surface area contributed by atoms with E-state index in [1.165, 1.54) is 4.68 Å². The van der Waals surface area contributed by atoms with Crippen LogP contribution < -0.4 is 5.32 Å². The van der Waals surface area contributed by atoms with Gasteiger partial charge in [0.1, 0.15) is 6.61 Å². The van der Waals surface area contributed by atoms with E-state index in [-0.39, 0.29) is 42.1 Å². The van der Waals surface area contributed by atoms with Gasteiger partial charge in [0.25, 0.3) is 0 Å².